The summed E-state index contributed by atoms with van der Waals surface area (Å²) in [6.07, 6.45) is 31.2. The smallest absolute Gasteiger partial charge is 0.306 e. The van der Waals surface area contributed by atoms with Gasteiger partial charge in [-0.25, -0.2) is 0 Å². The molecular weight excluding hydrogens is 676 g/mol. The molecule has 0 amide bonds. The van der Waals surface area contributed by atoms with Gasteiger partial charge in [0.2, 0.25) is 0 Å². The summed E-state index contributed by atoms with van der Waals surface area (Å²) < 4.78 is 22.1. The second-order valence-corrected chi connectivity index (χ2v) is 14.1. The molecule has 1 rings (SSSR count). The van der Waals surface area contributed by atoms with Crippen LogP contribution < -0.4 is 0 Å². The van der Waals surface area contributed by atoms with Crippen LogP contribution in [0.3, 0.4) is 0 Å². The average Bonchev–Trinajstić information content (AvgIpc) is 3.15. The first-order chi connectivity index (χ1) is 25.8. The number of unbranched alkanes of at least 4 members (excludes halogenated alkanes) is 14. The highest BCUT2D eigenvalue weighted by Crippen LogP contribution is 2.22. The Hall–Kier alpha value is -2.34. The van der Waals surface area contributed by atoms with Crippen LogP contribution in [0.1, 0.15) is 155 Å². The number of hydrogen-bond donors (Lipinski definition) is 4. The molecule has 0 saturated carbocycles. The molecule has 0 aromatic heterocycles. The van der Waals surface area contributed by atoms with Crippen molar-refractivity contribution in [2.75, 3.05) is 19.8 Å². The van der Waals surface area contributed by atoms with Gasteiger partial charge in [0, 0.05) is 12.8 Å². The predicted octanol–water partition coefficient (Wildman–Crippen LogP) is 8.10. The third-order valence-corrected chi connectivity index (χ3v) is 9.20. The largest absolute Gasteiger partial charge is 0.462 e. The summed E-state index contributed by atoms with van der Waals surface area (Å²) in [4.78, 5) is 25.2. The summed E-state index contributed by atoms with van der Waals surface area (Å²) >= 11 is 0. The fourth-order valence-corrected chi connectivity index (χ4v) is 5.90. The molecule has 1 aliphatic rings. The van der Waals surface area contributed by atoms with Gasteiger partial charge < -0.3 is 39.4 Å². The van der Waals surface area contributed by atoms with E-state index in [0.29, 0.717) is 12.8 Å². The van der Waals surface area contributed by atoms with Crippen molar-refractivity contribution in [3.8, 4) is 0 Å². The quantitative estimate of drug-likeness (QED) is 0.0294. The van der Waals surface area contributed by atoms with Gasteiger partial charge in [0.05, 0.1) is 13.2 Å². The van der Waals surface area contributed by atoms with Crippen molar-refractivity contribution in [2.24, 2.45) is 0 Å². The monoisotopic (exact) mass is 751 g/mol. The lowest BCUT2D eigenvalue weighted by molar-refractivity contribution is -0.305. The van der Waals surface area contributed by atoms with Crippen LogP contribution in [0.25, 0.3) is 0 Å². The number of carbonyl (C=O) groups is 2. The topological polar surface area (TPSA) is 152 Å². The van der Waals surface area contributed by atoms with Crippen molar-refractivity contribution in [1.82, 2.24) is 0 Å². The van der Waals surface area contributed by atoms with Crippen LogP contribution in [0, 0.1) is 0 Å². The number of aliphatic hydroxyl groups is 4. The molecule has 0 spiro atoms. The highest BCUT2D eigenvalue weighted by molar-refractivity contribution is 5.70. The number of aliphatic hydroxyl groups excluding tert-OH is 4. The lowest BCUT2D eigenvalue weighted by atomic mass is 9.99. The van der Waals surface area contributed by atoms with E-state index < -0.39 is 55.4 Å². The lowest BCUT2D eigenvalue weighted by Gasteiger charge is -2.39. The van der Waals surface area contributed by atoms with Gasteiger partial charge in [-0.2, -0.15) is 0 Å². The first-order valence-electron chi connectivity index (χ1n) is 20.7. The van der Waals surface area contributed by atoms with E-state index in [-0.39, 0.29) is 26.1 Å². The summed E-state index contributed by atoms with van der Waals surface area (Å²) in [7, 11) is 0. The van der Waals surface area contributed by atoms with Crippen LogP contribution >= 0.6 is 0 Å². The van der Waals surface area contributed by atoms with Crippen LogP contribution in [-0.4, -0.2) is 89.0 Å². The highest BCUT2D eigenvalue weighted by Gasteiger charge is 2.44. The van der Waals surface area contributed by atoms with Gasteiger partial charge in [-0.3, -0.25) is 9.59 Å². The third kappa shape index (κ3) is 26.2. The van der Waals surface area contributed by atoms with Crippen molar-refractivity contribution < 1.29 is 49.0 Å². The van der Waals surface area contributed by atoms with Crippen LogP contribution in [0.15, 0.2) is 48.6 Å². The highest BCUT2D eigenvalue weighted by atomic mass is 16.7. The summed E-state index contributed by atoms with van der Waals surface area (Å²) in [6.45, 7) is 3.25. The first-order valence-corrected chi connectivity index (χ1v) is 20.7. The molecule has 4 N–H and O–H groups in total. The zero-order chi connectivity index (χ0) is 38.8. The maximum Gasteiger partial charge on any atom is 0.306 e. The van der Waals surface area contributed by atoms with Crippen LogP contribution in [0.2, 0.25) is 0 Å². The van der Waals surface area contributed by atoms with Gasteiger partial charge in [0.25, 0.3) is 0 Å². The fourth-order valence-electron chi connectivity index (χ4n) is 5.90. The minimum absolute atomic E-state index is 0.207. The Morgan fingerprint density at radius 2 is 1.11 bits per heavy atom. The zero-order valence-electron chi connectivity index (χ0n) is 33.0. The molecule has 0 aromatic carbocycles. The van der Waals surface area contributed by atoms with Crippen molar-refractivity contribution in [1.29, 1.82) is 0 Å². The van der Waals surface area contributed by atoms with Crippen LogP contribution in [0.4, 0.5) is 0 Å². The van der Waals surface area contributed by atoms with Gasteiger partial charge in [-0.15, -0.1) is 0 Å². The maximum atomic E-state index is 12.7. The molecule has 306 valence electrons. The second kappa shape index (κ2) is 34.2. The lowest BCUT2D eigenvalue weighted by Crippen LogP contribution is -2.59. The third-order valence-electron chi connectivity index (χ3n) is 9.20. The molecule has 53 heavy (non-hydrogen) atoms. The fraction of sp³-hybridized carbons (Fsp3) is 0.767. The standard InChI is InChI=1S/C43H74O10/c1-3-5-7-9-11-13-15-17-18-20-22-24-26-28-30-32-39(46)52-36(35-51-43-42(49)41(48)40(47)37(33-44)53-43)34-50-38(45)31-29-27-25-23-21-19-16-14-12-10-8-6-4-2/h5,7,11,13-14,16-18,36-37,40-44,47-49H,3-4,6,8-10,12,15,19-35H2,1-2H3/b7-5-,13-11-,16-14-,18-17-/t36?,37-,40+,41+,42-,43-/m1/s1. The summed E-state index contributed by atoms with van der Waals surface area (Å²) in [5.74, 6) is -0.841. The molecule has 0 bridgehead atoms. The number of carbonyl (C=O) groups excluding carboxylic acids is 2. The van der Waals surface area contributed by atoms with Gasteiger partial charge in [-0.1, -0.05) is 120 Å². The molecule has 1 heterocycles. The summed E-state index contributed by atoms with van der Waals surface area (Å²) in [5.41, 5.74) is 0. The minimum Gasteiger partial charge on any atom is -0.462 e. The van der Waals surface area contributed by atoms with Crippen molar-refractivity contribution >= 4 is 11.9 Å². The Morgan fingerprint density at radius 3 is 1.70 bits per heavy atom. The molecule has 10 nitrogen and oxygen atoms in total. The Labute approximate surface area is 320 Å². The molecule has 1 fully saturated rings. The Balaban J connectivity index is 2.39. The van der Waals surface area contributed by atoms with Crippen LogP contribution in [0.5, 0.6) is 0 Å². The molecule has 1 saturated heterocycles. The Bertz CT molecular complexity index is 1010. The van der Waals surface area contributed by atoms with Crippen molar-refractivity contribution in [3.63, 3.8) is 0 Å². The van der Waals surface area contributed by atoms with Crippen molar-refractivity contribution in [2.45, 2.75) is 192 Å². The maximum absolute atomic E-state index is 12.7. The first kappa shape index (κ1) is 48.7. The molecule has 1 aliphatic heterocycles. The van der Waals surface area contributed by atoms with Gasteiger partial charge in [-0.05, 0) is 70.6 Å². The molecule has 6 atom stereocenters. The normalized spacial score (nSPS) is 21.4. The van der Waals surface area contributed by atoms with E-state index in [0.717, 1.165) is 89.9 Å². The Morgan fingerprint density at radius 1 is 0.604 bits per heavy atom. The van der Waals surface area contributed by atoms with E-state index in [1.807, 2.05) is 0 Å². The zero-order valence-corrected chi connectivity index (χ0v) is 33.0. The number of ether oxygens (including phenoxy) is 4. The van der Waals surface area contributed by atoms with Gasteiger partial charge in [0.1, 0.15) is 31.0 Å². The number of rotatable bonds is 33. The minimum atomic E-state index is -1.60. The molecule has 1 unspecified atom stereocenters. The Kier molecular flexibility index (Phi) is 31.4. The number of esters is 2. The van der Waals surface area contributed by atoms with Crippen LogP contribution in [-0.2, 0) is 28.5 Å². The summed E-state index contributed by atoms with van der Waals surface area (Å²) in [6, 6.07) is 0. The average molecular weight is 751 g/mol. The van der Waals surface area contributed by atoms with E-state index in [9.17, 15) is 30.0 Å². The van der Waals surface area contributed by atoms with Crippen molar-refractivity contribution in [3.05, 3.63) is 48.6 Å². The van der Waals surface area contributed by atoms with E-state index in [1.54, 1.807) is 0 Å². The van der Waals surface area contributed by atoms with Gasteiger partial charge >= 0.3 is 11.9 Å². The number of hydrogen-bond acceptors (Lipinski definition) is 10. The molecule has 0 radical (unpaired) electrons. The predicted molar refractivity (Wildman–Crippen MR) is 210 cm³/mol. The van der Waals surface area contributed by atoms with E-state index in [4.69, 9.17) is 18.9 Å². The molecular formula is C43H74O10. The second-order valence-electron chi connectivity index (χ2n) is 14.1. The van der Waals surface area contributed by atoms with E-state index in [1.165, 1.54) is 25.7 Å². The molecule has 0 aromatic rings. The summed E-state index contributed by atoms with van der Waals surface area (Å²) in [5, 5.41) is 40.0. The van der Waals surface area contributed by atoms with E-state index >= 15 is 0 Å². The van der Waals surface area contributed by atoms with Gasteiger partial charge in [0.15, 0.2) is 12.4 Å². The SMILES string of the molecule is CC/C=C\C/C=C\C/C=C\CCCCCCCC(=O)OC(COC(=O)CCCCCCC/C=C\CCCCCC)CO[C@@H]1O[C@H](CO)[C@H](O)[C@H](O)[C@H]1O. The van der Waals surface area contributed by atoms with E-state index in [2.05, 4.69) is 62.5 Å². The molecule has 0 aliphatic carbocycles. The number of allylic oxidation sites excluding steroid dienone is 8. The molecule has 10 heteroatoms.